The number of ether oxygens (including phenoxy) is 1. The van der Waals surface area contributed by atoms with Crippen LogP contribution < -0.4 is 10.1 Å². The maximum Gasteiger partial charge on any atom is 0.230 e. The van der Waals surface area contributed by atoms with Gasteiger partial charge in [-0.25, -0.2) is 0 Å². The Labute approximate surface area is 163 Å². The lowest BCUT2D eigenvalue weighted by Gasteiger charge is -2.35. The number of likely N-dealkylation sites (tertiary alicyclic amines) is 1. The Hall–Kier alpha value is -1.20. The number of amides is 1. The molecule has 1 aliphatic rings. The predicted molar refractivity (Wildman–Crippen MR) is 111 cm³/mol. The van der Waals surface area contributed by atoms with Gasteiger partial charge in [0.05, 0.1) is 18.9 Å². The number of methoxy groups -OCH3 is 1. The van der Waals surface area contributed by atoms with E-state index in [0.717, 1.165) is 24.6 Å². The Bertz CT molecular complexity index is 527. The zero-order valence-corrected chi connectivity index (χ0v) is 17.3. The maximum absolute atomic E-state index is 12.2. The average molecular weight is 379 g/mol. The van der Waals surface area contributed by atoms with Gasteiger partial charge in [0.25, 0.3) is 0 Å². The summed E-state index contributed by atoms with van der Waals surface area (Å²) in [5.74, 6) is 3.33. The van der Waals surface area contributed by atoms with Crippen LogP contribution in [0.2, 0.25) is 0 Å². The molecule has 0 aliphatic carbocycles. The number of nitrogens with zero attached hydrogens (tertiary/aromatic N) is 1. The minimum absolute atomic E-state index is 0.147. The zero-order valence-electron chi connectivity index (χ0n) is 16.5. The van der Waals surface area contributed by atoms with Crippen molar-refractivity contribution in [3.05, 3.63) is 29.8 Å². The van der Waals surface area contributed by atoms with E-state index in [1.54, 1.807) is 18.9 Å². The second-order valence-corrected chi connectivity index (χ2v) is 8.53. The summed E-state index contributed by atoms with van der Waals surface area (Å²) in [5, 5.41) is 3.16. The van der Waals surface area contributed by atoms with Gasteiger partial charge < -0.3 is 10.1 Å². The molecule has 146 valence electrons. The summed E-state index contributed by atoms with van der Waals surface area (Å²) < 4.78 is 5.28. The fraction of sp³-hybridized carbons (Fsp3) is 0.667. The van der Waals surface area contributed by atoms with E-state index in [9.17, 15) is 4.79 Å². The topological polar surface area (TPSA) is 41.6 Å². The van der Waals surface area contributed by atoms with Gasteiger partial charge >= 0.3 is 0 Å². The quantitative estimate of drug-likeness (QED) is 0.622. The third-order valence-electron chi connectivity index (χ3n) is 4.90. The molecule has 5 heteroatoms. The van der Waals surface area contributed by atoms with Gasteiger partial charge in [0.1, 0.15) is 5.75 Å². The summed E-state index contributed by atoms with van der Waals surface area (Å²) in [4.78, 5) is 14.7. The fourth-order valence-electron chi connectivity index (χ4n) is 3.26. The van der Waals surface area contributed by atoms with Crippen LogP contribution in [0.4, 0.5) is 0 Å². The van der Waals surface area contributed by atoms with Crippen molar-refractivity contribution in [1.29, 1.82) is 0 Å². The van der Waals surface area contributed by atoms with E-state index >= 15 is 0 Å². The first-order valence-electron chi connectivity index (χ1n) is 9.82. The van der Waals surface area contributed by atoms with Crippen LogP contribution in [-0.2, 0) is 4.79 Å². The smallest absolute Gasteiger partial charge is 0.230 e. The van der Waals surface area contributed by atoms with Crippen molar-refractivity contribution < 1.29 is 9.53 Å². The molecule has 0 aromatic heterocycles. The molecule has 1 N–H and O–H groups in total. The molecule has 0 radical (unpaired) electrons. The van der Waals surface area contributed by atoms with Gasteiger partial charge in [-0.3, -0.25) is 9.69 Å². The van der Waals surface area contributed by atoms with Crippen LogP contribution in [0.25, 0.3) is 0 Å². The average Bonchev–Trinajstić information content (AvgIpc) is 2.66. The van der Waals surface area contributed by atoms with Gasteiger partial charge in [-0.2, -0.15) is 11.8 Å². The number of carbonyl (C=O) groups is 1. The lowest BCUT2D eigenvalue weighted by Crippen LogP contribution is -2.41. The summed E-state index contributed by atoms with van der Waals surface area (Å²) in [6.45, 7) is 7.33. The monoisotopic (exact) mass is 378 g/mol. The van der Waals surface area contributed by atoms with E-state index in [2.05, 4.69) is 36.2 Å². The highest BCUT2D eigenvalue weighted by Crippen LogP contribution is 2.26. The number of hydrogen-bond acceptors (Lipinski definition) is 4. The highest BCUT2D eigenvalue weighted by Gasteiger charge is 2.22. The summed E-state index contributed by atoms with van der Waals surface area (Å²) in [6, 6.07) is 8.51. The lowest BCUT2D eigenvalue weighted by atomic mass is 10.0. The van der Waals surface area contributed by atoms with Gasteiger partial charge in [-0.1, -0.05) is 32.4 Å². The first-order chi connectivity index (χ1) is 12.6. The van der Waals surface area contributed by atoms with Crippen molar-refractivity contribution in [2.24, 2.45) is 5.92 Å². The Kier molecular flexibility index (Phi) is 9.33. The van der Waals surface area contributed by atoms with Gasteiger partial charge in [-0.15, -0.1) is 0 Å². The normalized spacial score (nSPS) is 16.5. The standard InChI is InChI=1S/C21H34N2O2S/c1-17(2)11-14-26-16-21(24)22-15-20(23-12-5-4-6-13-23)18-7-9-19(25-3)10-8-18/h7-10,17,20H,4-6,11-16H2,1-3H3,(H,22,24). The molecule has 4 nitrogen and oxygen atoms in total. The van der Waals surface area contributed by atoms with E-state index < -0.39 is 0 Å². The number of rotatable bonds is 10. The summed E-state index contributed by atoms with van der Waals surface area (Å²) in [6.07, 6.45) is 4.96. The Balaban J connectivity index is 1.90. The Morgan fingerprint density at radius 3 is 2.50 bits per heavy atom. The molecule has 1 heterocycles. The van der Waals surface area contributed by atoms with E-state index in [0.29, 0.717) is 18.2 Å². The Morgan fingerprint density at radius 1 is 1.19 bits per heavy atom. The minimum Gasteiger partial charge on any atom is -0.497 e. The number of hydrogen-bond donors (Lipinski definition) is 1. The molecule has 1 aromatic rings. The molecule has 0 bridgehead atoms. The highest BCUT2D eigenvalue weighted by atomic mass is 32.2. The lowest BCUT2D eigenvalue weighted by molar-refractivity contribution is -0.118. The molecule has 26 heavy (non-hydrogen) atoms. The molecule has 1 atom stereocenters. The van der Waals surface area contributed by atoms with Crippen LogP contribution >= 0.6 is 11.8 Å². The summed E-state index contributed by atoms with van der Waals surface area (Å²) in [5.41, 5.74) is 1.25. The zero-order chi connectivity index (χ0) is 18.8. The molecule has 1 aromatic carbocycles. The Morgan fingerprint density at radius 2 is 1.88 bits per heavy atom. The summed E-state index contributed by atoms with van der Waals surface area (Å²) in [7, 11) is 1.69. The van der Waals surface area contributed by atoms with Gasteiger partial charge in [0, 0.05) is 6.54 Å². The second kappa shape index (κ2) is 11.5. The SMILES string of the molecule is COc1ccc(C(CNC(=O)CSCCC(C)C)N2CCCCC2)cc1. The van der Waals surface area contributed by atoms with Crippen molar-refractivity contribution in [2.45, 2.75) is 45.6 Å². The van der Waals surface area contributed by atoms with Crippen molar-refractivity contribution in [1.82, 2.24) is 10.2 Å². The number of piperidine rings is 1. The molecule has 0 spiro atoms. The van der Waals surface area contributed by atoms with Crippen molar-refractivity contribution >= 4 is 17.7 Å². The van der Waals surface area contributed by atoms with E-state index in [1.165, 1.54) is 31.2 Å². The third kappa shape index (κ3) is 7.20. The molecule has 1 aliphatic heterocycles. The molecule has 1 fully saturated rings. The van der Waals surface area contributed by atoms with E-state index in [-0.39, 0.29) is 11.9 Å². The van der Waals surface area contributed by atoms with Crippen LogP contribution in [0.1, 0.15) is 51.1 Å². The molecule has 1 unspecified atom stereocenters. The van der Waals surface area contributed by atoms with E-state index in [4.69, 9.17) is 4.74 Å². The molecule has 1 amide bonds. The number of nitrogens with one attached hydrogen (secondary N) is 1. The van der Waals surface area contributed by atoms with Crippen LogP contribution in [0, 0.1) is 5.92 Å². The number of carbonyl (C=O) groups excluding carboxylic acids is 1. The van der Waals surface area contributed by atoms with Crippen molar-refractivity contribution in [3.63, 3.8) is 0 Å². The van der Waals surface area contributed by atoms with Gasteiger partial charge in [-0.05, 0) is 61.7 Å². The predicted octanol–water partition coefficient (Wildman–Crippen LogP) is 4.12. The highest BCUT2D eigenvalue weighted by molar-refractivity contribution is 7.99. The largest absolute Gasteiger partial charge is 0.497 e. The van der Waals surface area contributed by atoms with Crippen molar-refractivity contribution in [3.8, 4) is 5.75 Å². The van der Waals surface area contributed by atoms with Crippen molar-refractivity contribution in [2.75, 3.05) is 38.2 Å². The van der Waals surface area contributed by atoms with Gasteiger partial charge in [0.15, 0.2) is 0 Å². The van der Waals surface area contributed by atoms with Crippen LogP contribution in [0.5, 0.6) is 5.75 Å². The first kappa shape index (κ1) is 21.1. The summed E-state index contributed by atoms with van der Waals surface area (Å²) >= 11 is 1.74. The molecule has 1 saturated heterocycles. The minimum atomic E-state index is 0.147. The van der Waals surface area contributed by atoms with Gasteiger partial charge in [0.2, 0.25) is 5.91 Å². The molecule has 2 rings (SSSR count). The number of benzene rings is 1. The second-order valence-electron chi connectivity index (χ2n) is 7.42. The molecular weight excluding hydrogens is 344 g/mol. The molecule has 0 saturated carbocycles. The fourth-order valence-corrected chi connectivity index (χ4v) is 4.33. The van der Waals surface area contributed by atoms with Crippen LogP contribution in [-0.4, -0.2) is 49.1 Å². The van der Waals surface area contributed by atoms with E-state index in [1.807, 2.05) is 12.1 Å². The first-order valence-corrected chi connectivity index (χ1v) is 11.0. The van der Waals surface area contributed by atoms with Crippen LogP contribution in [0.15, 0.2) is 24.3 Å². The number of thioether (sulfide) groups is 1. The molecular formula is C21H34N2O2S. The third-order valence-corrected chi connectivity index (χ3v) is 5.89. The maximum atomic E-state index is 12.2. The van der Waals surface area contributed by atoms with Crippen LogP contribution in [0.3, 0.4) is 0 Å².